The summed E-state index contributed by atoms with van der Waals surface area (Å²) < 4.78 is 0. The number of Topliss-reactive ketones (excluding diaryl/α,β-unsaturated/α-hetero) is 1. The number of hydrogen-bond acceptors (Lipinski definition) is 2. The van der Waals surface area contributed by atoms with Crippen LogP contribution in [0.15, 0.2) is 12.5 Å². The lowest BCUT2D eigenvalue weighted by atomic mass is 10.1. The number of carbonyl (C=O) groups is 1. The molecule has 0 aliphatic heterocycles. The standard InChI is InChI=1S/C8H12N2O/c1-2-8(11)4-3-7-5-9-6-10-7/h5-6H,2-4H2,1H3,(H,9,10). The smallest absolute Gasteiger partial charge is 0.133 e. The van der Waals surface area contributed by atoms with E-state index in [1.54, 1.807) is 12.5 Å². The molecule has 3 heteroatoms. The van der Waals surface area contributed by atoms with E-state index in [-0.39, 0.29) is 0 Å². The van der Waals surface area contributed by atoms with E-state index >= 15 is 0 Å². The van der Waals surface area contributed by atoms with Crippen molar-refractivity contribution < 1.29 is 4.79 Å². The van der Waals surface area contributed by atoms with Crippen LogP contribution in [0.3, 0.4) is 0 Å². The molecule has 0 aliphatic rings. The summed E-state index contributed by atoms with van der Waals surface area (Å²) in [6.07, 6.45) is 5.42. The van der Waals surface area contributed by atoms with Crippen molar-refractivity contribution in [3.05, 3.63) is 18.2 Å². The molecular weight excluding hydrogens is 140 g/mol. The Bertz CT molecular complexity index is 216. The van der Waals surface area contributed by atoms with Crippen molar-refractivity contribution in [1.82, 2.24) is 9.97 Å². The highest BCUT2D eigenvalue weighted by Gasteiger charge is 1.99. The maximum absolute atomic E-state index is 10.9. The normalized spacial score (nSPS) is 9.91. The van der Waals surface area contributed by atoms with Gasteiger partial charge in [0.25, 0.3) is 0 Å². The predicted molar refractivity (Wildman–Crippen MR) is 42.2 cm³/mol. The van der Waals surface area contributed by atoms with Crippen LogP contribution in [0.1, 0.15) is 25.5 Å². The number of hydrogen-bond donors (Lipinski definition) is 1. The van der Waals surface area contributed by atoms with Crippen molar-refractivity contribution >= 4 is 5.78 Å². The minimum absolute atomic E-state index is 0.305. The highest BCUT2D eigenvalue weighted by atomic mass is 16.1. The predicted octanol–water partition coefficient (Wildman–Crippen LogP) is 1.32. The van der Waals surface area contributed by atoms with E-state index < -0.39 is 0 Å². The Balaban J connectivity index is 2.29. The molecular formula is C8H12N2O. The Kier molecular flexibility index (Phi) is 2.83. The van der Waals surface area contributed by atoms with Crippen molar-refractivity contribution in [2.45, 2.75) is 26.2 Å². The number of aromatic nitrogens is 2. The molecule has 1 heterocycles. The summed E-state index contributed by atoms with van der Waals surface area (Å²) in [5.41, 5.74) is 1.03. The third-order valence-electron chi connectivity index (χ3n) is 1.62. The maximum Gasteiger partial charge on any atom is 0.133 e. The number of rotatable bonds is 4. The van der Waals surface area contributed by atoms with Gasteiger partial charge in [0.2, 0.25) is 0 Å². The topological polar surface area (TPSA) is 45.8 Å². The molecule has 0 saturated carbocycles. The zero-order chi connectivity index (χ0) is 8.10. The molecule has 0 amide bonds. The Hall–Kier alpha value is -1.12. The zero-order valence-corrected chi connectivity index (χ0v) is 6.63. The molecule has 0 radical (unpaired) electrons. The summed E-state index contributed by atoms with van der Waals surface area (Å²) in [6.45, 7) is 1.88. The first-order chi connectivity index (χ1) is 5.33. The average molecular weight is 152 g/mol. The largest absolute Gasteiger partial charge is 0.348 e. The van der Waals surface area contributed by atoms with Crippen LogP contribution < -0.4 is 0 Å². The molecule has 0 saturated heterocycles. The van der Waals surface area contributed by atoms with Gasteiger partial charge in [-0.25, -0.2) is 4.98 Å². The highest BCUT2D eigenvalue weighted by Crippen LogP contribution is 1.98. The first-order valence-electron chi connectivity index (χ1n) is 3.82. The first kappa shape index (κ1) is 7.98. The summed E-state index contributed by atoms with van der Waals surface area (Å²) in [5, 5.41) is 0. The number of nitrogens with one attached hydrogen (secondary N) is 1. The summed E-state index contributed by atoms with van der Waals surface area (Å²) in [5.74, 6) is 0.305. The van der Waals surface area contributed by atoms with Gasteiger partial charge in [-0.05, 0) is 6.42 Å². The van der Waals surface area contributed by atoms with Crippen LogP contribution in [-0.2, 0) is 11.2 Å². The fourth-order valence-electron chi connectivity index (χ4n) is 0.872. The molecule has 11 heavy (non-hydrogen) atoms. The van der Waals surface area contributed by atoms with Gasteiger partial charge in [-0.3, -0.25) is 4.79 Å². The van der Waals surface area contributed by atoms with Gasteiger partial charge in [-0.15, -0.1) is 0 Å². The minimum Gasteiger partial charge on any atom is -0.348 e. The molecule has 0 aromatic carbocycles. The molecule has 0 unspecified atom stereocenters. The monoisotopic (exact) mass is 152 g/mol. The SMILES string of the molecule is CCC(=O)CCc1cnc[nH]1. The zero-order valence-electron chi connectivity index (χ0n) is 6.63. The van der Waals surface area contributed by atoms with E-state index in [0.29, 0.717) is 18.6 Å². The Morgan fingerprint density at radius 1 is 1.73 bits per heavy atom. The van der Waals surface area contributed by atoms with Crippen molar-refractivity contribution in [1.29, 1.82) is 0 Å². The van der Waals surface area contributed by atoms with Crippen LogP contribution >= 0.6 is 0 Å². The van der Waals surface area contributed by atoms with Crippen LogP contribution in [0, 0.1) is 0 Å². The number of aryl methyl sites for hydroxylation is 1. The molecule has 1 N–H and O–H groups in total. The van der Waals surface area contributed by atoms with E-state index in [1.807, 2.05) is 6.92 Å². The Morgan fingerprint density at radius 3 is 3.09 bits per heavy atom. The van der Waals surface area contributed by atoms with Gasteiger partial charge in [-0.1, -0.05) is 6.92 Å². The number of imidazole rings is 1. The number of carbonyl (C=O) groups excluding carboxylic acids is 1. The van der Waals surface area contributed by atoms with Crippen LogP contribution in [0.2, 0.25) is 0 Å². The fourth-order valence-corrected chi connectivity index (χ4v) is 0.872. The van der Waals surface area contributed by atoms with Crippen LogP contribution in [0.25, 0.3) is 0 Å². The Labute approximate surface area is 65.8 Å². The molecule has 1 rings (SSSR count). The van der Waals surface area contributed by atoms with Gasteiger partial charge in [-0.2, -0.15) is 0 Å². The van der Waals surface area contributed by atoms with Crippen LogP contribution in [0.4, 0.5) is 0 Å². The lowest BCUT2D eigenvalue weighted by molar-refractivity contribution is -0.118. The van der Waals surface area contributed by atoms with Crippen molar-refractivity contribution in [2.24, 2.45) is 0 Å². The van der Waals surface area contributed by atoms with E-state index in [2.05, 4.69) is 9.97 Å². The van der Waals surface area contributed by atoms with Crippen LogP contribution in [-0.4, -0.2) is 15.8 Å². The molecule has 0 spiro atoms. The van der Waals surface area contributed by atoms with E-state index in [0.717, 1.165) is 12.1 Å². The number of H-pyrrole nitrogens is 1. The molecule has 0 bridgehead atoms. The van der Waals surface area contributed by atoms with E-state index in [4.69, 9.17) is 0 Å². The summed E-state index contributed by atoms with van der Waals surface area (Å²) in [7, 11) is 0. The molecule has 0 aliphatic carbocycles. The molecule has 1 aromatic heterocycles. The lowest BCUT2D eigenvalue weighted by Gasteiger charge is -1.93. The Morgan fingerprint density at radius 2 is 2.55 bits per heavy atom. The number of ketones is 1. The second-order valence-electron chi connectivity index (χ2n) is 2.47. The van der Waals surface area contributed by atoms with Gasteiger partial charge in [0.1, 0.15) is 5.78 Å². The minimum atomic E-state index is 0.305. The van der Waals surface area contributed by atoms with Crippen LogP contribution in [0.5, 0.6) is 0 Å². The molecule has 60 valence electrons. The average Bonchev–Trinajstić information content (AvgIpc) is 2.52. The third-order valence-corrected chi connectivity index (χ3v) is 1.62. The fraction of sp³-hybridized carbons (Fsp3) is 0.500. The quantitative estimate of drug-likeness (QED) is 0.707. The van der Waals surface area contributed by atoms with E-state index in [9.17, 15) is 4.79 Å². The summed E-state index contributed by atoms with van der Waals surface area (Å²) in [4.78, 5) is 17.7. The van der Waals surface area contributed by atoms with Crippen molar-refractivity contribution in [3.8, 4) is 0 Å². The lowest BCUT2D eigenvalue weighted by Crippen LogP contribution is -1.97. The number of nitrogens with zero attached hydrogens (tertiary/aromatic N) is 1. The van der Waals surface area contributed by atoms with Gasteiger partial charge in [0.05, 0.1) is 6.33 Å². The first-order valence-corrected chi connectivity index (χ1v) is 3.82. The van der Waals surface area contributed by atoms with Gasteiger partial charge >= 0.3 is 0 Å². The molecule has 3 nitrogen and oxygen atoms in total. The summed E-state index contributed by atoms with van der Waals surface area (Å²) in [6, 6.07) is 0. The number of aromatic amines is 1. The second-order valence-corrected chi connectivity index (χ2v) is 2.47. The van der Waals surface area contributed by atoms with Gasteiger partial charge in [0, 0.05) is 24.7 Å². The second kappa shape index (κ2) is 3.91. The summed E-state index contributed by atoms with van der Waals surface area (Å²) >= 11 is 0. The molecule has 0 atom stereocenters. The van der Waals surface area contributed by atoms with E-state index in [1.165, 1.54) is 0 Å². The third kappa shape index (κ3) is 2.53. The van der Waals surface area contributed by atoms with Gasteiger partial charge < -0.3 is 4.98 Å². The molecule has 0 fully saturated rings. The maximum atomic E-state index is 10.9. The van der Waals surface area contributed by atoms with Crippen molar-refractivity contribution in [2.75, 3.05) is 0 Å². The van der Waals surface area contributed by atoms with Crippen molar-refractivity contribution in [3.63, 3.8) is 0 Å². The highest BCUT2D eigenvalue weighted by molar-refractivity contribution is 5.78. The molecule has 1 aromatic rings. The van der Waals surface area contributed by atoms with Gasteiger partial charge in [0.15, 0.2) is 0 Å².